The molecule has 0 amide bonds. The van der Waals surface area contributed by atoms with E-state index in [1.54, 1.807) is 0 Å². The standard InChI is InChI=1S/C54H34N2/c1-2-12-39(13-3-1)55-52-21-11-9-19-47(52)50-33-37(26-31-53(50)55)38-25-30-48-46-18-8-10-20-51(46)56(54(48)34-38)40-27-22-35(23-28-40)36-24-29-45-43-16-5-4-14-41(43)42-15-6-7-17-44(42)49(45)32-36/h1-34H. The predicted molar refractivity (Wildman–Crippen MR) is 239 cm³/mol. The first kappa shape index (κ1) is 31.0. The molecule has 0 aliphatic rings. The summed E-state index contributed by atoms with van der Waals surface area (Å²) in [6, 6.07) is 75.7. The molecule has 0 spiro atoms. The minimum Gasteiger partial charge on any atom is -0.309 e. The monoisotopic (exact) mass is 710 g/mol. The van der Waals surface area contributed by atoms with Crippen LogP contribution in [0.4, 0.5) is 0 Å². The minimum atomic E-state index is 1.15. The van der Waals surface area contributed by atoms with Crippen LogP contribution >= 0.6 is 0 Å². The van der Waals surface area contributed by atoms with Gasteiger partial charge in [-0.1, -0.05) is 146 Å². The highest BCUT2D eigenvalue weighted by atomic mass is 15.0. The molecule has 0 fully saturated rings. The quantitative estimate of drug-likeness (QED) is 0.161. The van der Waals surface area contributed by atoms with Crippen molar-refractivity contribution in [1.82, 2.24) is 9.13 Å². The Hall–Kier alpha value is -7.42. The van der Waals surface area contributed by atoms with Crippen molar-refractivity contribution >= 4 is 75.9 Å². The Bertz CT molecular complexity index is 3480. The first-order chi connectivity index (χ1) is 27.8. The number of rotatable bonds is 4. The maximum atomic E-state index is 2.43. The Morgan fingerprint density at radius 2 is 0.571 bits per heavy atom. The lowest BCUT2D eigenvalue weighted by molar-refractivity contribution is 1.18. The van der Waals surface area contributed by atoms with E-state index in [2.05, 4.69) is 215 Å². The second-order valence-corrected chi connectivity index (χ2v) is 14.9. The van der Waals surface area contributed by atoms with E-state index in [0.717, 1.165) is 5.69 Å². The Labute approximate surface area is 323 Å². The van der Waals surface area contributed by atoms with E-state index in [-0.39, 0.29) is 0 Å². The third-order valence-corrected chi connectivity index (χ3v) is 11.9. The van der Waals surface area contributed by atoms with Crippen molar-refractivity contribution < 1.29 is 0 Å². The van der Waals surface area contributed by atoms with Crippen LogP contribution in [0.5, 0.6) is 0 Å². The molecule has 2 aromatic heterocycles. The number of para-hydroxylation sites is 3. The van der Waals surface area contributed by atoms with Gasteiger partial charge in [0.1, 0.15) is 0 Å². The largest absolute Gasteiger partial charge is 0.309 e. The van der Waals surface area contributed by atoms with Crippen LogP contribution in [0.15, 0.2) is 206 Å². The zero-order valence-electron chi connectivity index (χ0n) is 30.5. The number of aromatic nitrogens is 2. The Balaban J connectivity index is 0.989. The number of nitrogens with zero attached hydrogens (tertiary/aromatic N) is 2. The van der Waals surface area contributed by atoms with Gasteiger partial charge >= 0.3 is 0 Å². The minimum absolute atomic E-state index is 1.15. The molecule has 0 saturated carbocycles. The SMILES string of the molecule is c1ccc(-n2c3ccccc3c3cc(-c4ccc5c6ccccc6n(-c6ccc(-c7ccc8c9ccccc9c9ccccc9c8c7)cc6)c5c4)ccc32)cc1. The van der Waals surface area contributed by atoms with Gasteiger partial charge in [-0.25, -0.2) is 0 Å². The predicted octanol–water partition coefficient (Wildman–Crippen LogP) is 14.7. The number of hydrogen-bond donors (Lipinski definition) is 0. The van der Waals surface area contributed by atoms with Crippen molar-refractivity contribution in [1.29, 1.82) is 0 Å². The van der Waals surface area contributed by atoms with E-state index in [9.17, 15) is 0 Å². The number of fused-ring (bicyclic) bond motifs is 12. The molecular formula is C54H34N2. The molecule has 0 unspecified atom stereocenters. The van der Waals surface area contributed by atoms with Gasteiger partial charge < -0.3 is 9.13 Å². The van der Waals surface area contributed by atoms with Crippen LogP contribution in [0.25, 0.3) is 110 Å². The summed E-state index contributed by atoms with van der Waals surface area (Å²) >= 11 is 0. The van der Waals surface area contributed by atoms with Gasteiger partial charge in [0, 0.05) is 32.9 Å². The van der Waals surface area contributed by atoms with Crippen LogP contribution in [0.1, 0.15) is 0 Å². The average Bonchev–Trinajstić information content (AvgIpc) is 3.79. The zero-order chi connectivity index (χ0) is 36.7. The lowest BCUT2D eigenvalue weighted by Gasteiger charge is -2.13. The fourth-order valence-corrected chi connectivity index (χ4v) is 9.33. The molecule has 0 aliphatic heterocycles. The normalized spacial score (nSPS) is 11.9. The highest BCUT2D eigenvalue weighted by molar-refractivity contribution is 6.25. The summed E-state index contributed by atoms with van der Waals surface area (Å²) in [6.45, 7) is 0. The summed E-state index contributed by atoms with van der Waals surface area (Å²) in [4.78, 5) is 0. The highest BCUT2D eigenvalue weighted by Gasteiger charge is 2.17. The van der Waals surface area contributed by atoms with Gasteiger partial charge in [0.05, 0.1) is 22.1 Å². The maximum absolute atomic E-state index is 2.43. The molecule has 2 nitrogen and oxygen atoms in total. The first-order valence-corrected chi connectivity index (χ1v) is 19.3. The van der Waals surface area contributed by atoms with Crippen molar-refractivity contribution in [2.24, 2.45) is 0 Å². The third-order valence-electron chi connectivity index (χ3n) is 11.9. The summed E-state index contributed by atoms with van der Waals surface area (Å²) in [6.07, 6.45) is 0. The highest BCUT2D eigenvalue weighted by Crippen LogP contribution is 2.40. The lowest BCUT2D eigenvalue weighted by atomic mass is 9.92. The van der Waals surface area contributed by atoms with Crippen LogP contribution in [-0.4, -0.2) is 9.13 Å². The summed E-state index contributed by atoms with van der Waals surface area (Å²) in [5.74, 6) is 0. The molecule has 0 bridgehead atoms. The van der Waals surface area contributed by atoms with Gasteiger partial charge in [-0.3, -0.25) is 0 Å². The van der Waals surface area contributed by atoms with E-state index >= 15 is 0 Å². The van der Waals surface area contributed by atoms with Crippen LogP contribution in [-0.2, 0) is 0 Å². The van der Waals surface area contributed by atoms with E-state index in [1.807, 2.05) is 0 Å². The molecule has 56 heavy (non-hydrogen) atoms. The molecule has 12 rings (SSSR count). The second-order valence-electron chi connectivity index (χ2n) is 14.9. The first-order valence-electron chi connectivity index (χ1n) is 19.3. The van der Waals surface area contributed by atoms with Crippen LogP contribution < -0.4 is 0 Å². The Morgan fingerprint density at radius 1 is 0.196 bits per heavy atom. The zero-order valence-corrected chi connectivity index (χ0v) is 30.5. The molecule has 0 atom stereocenters. The molecule has 0 saturated heterocycles. The van der Waals surface area contributed by atoms with Crippen LogP contribution in [0.2, 0.25) is 0 Å². The molecule has 0 radical (unpaired) electrons. The van der Waals surface area contributed by atoms with E-state index in [4.69, 9.17) is 0 Å². The van der Waals surface area contributed by atoms with Crippen molar-refractivity contribution in [3.8, 4) is 33.6 Å². The summed E-state index contributed by atoms with van der Waals surface area (Å²) in [5.41, 5.74) is 12.0. The van der Waals surface area contributed by atoms with Crippen LogP contribution in [0.3, 0.4) is 0 Å². The van der Waals surface area contributed by atoms with Crippen LogP contribution in [0, 0.1) is 0 Å². The fourth-order valence-electron chi connectivity index (χ4n) is 9.33. The summed E-state index contributed by atoms with van der Waals surface area (Å²) in [7, 11) is 0. The van der Waals surface area contributed by atoms with Gasteiger partial charge in [-0.15, -0.1) is 0 Å². The average molecular weight is 711 g/mol. The molecule has 10 aromatic carbocycles. The summed E-state index contributed by atoms with van der Waals surface area (Å²) in [5, 5.41) is 12.8. The smallest absolute Gasteiger partial charge is 0.0547 e. The molecule has 0 N–H and O–H groups in total. The molecule has 0 aliphatic carbocycles. The molecule has 12 aromatic rings. The van der Waals surface area contributed by atoms with Gasteiger partial charge in [0.2, 0.25) is 0 Å². The van der Waals surface area contributed by atoms with E-state index in [0.29, 0.717) is 0 Å². The summed E-state index contributed by atoms with van der Waals surface area (Å²) < 4.78 is 4.80. The van der Waals surface area contributed by atoms with Crippen molar-refractivity contribution in [3.63, 3.8) is 0 Å². The topological polar surface area (TPSA) is 9.86 Å². The Morgan fingerprint density at radius 3 is 1.23 bits per heavy atom. The van der Waals surface area contributed by atoms with E-state index < -0.39 is 0 Å². The molecule has 260 valence electrons. The van der Waals surface area contributed by atoms with Gasteiger partial charge in [0.25, 0.3) is 0 Å². The molecular weight excluding hydrogens is 677 g/mol. The lowest BCUT2D eigenvalue weighted by Crippen LogP contribution is -1.94. The number of benzene rings is 10. The molecule has 2 heterocycles. The molecule has 2 heteroatoms. The van der Waals surface area contributed by atoms with E-state index in [1.165, 1.54) is 104 Å². The van der Waals surface area contributed by atoms with Gasteiger partial charge in [-0.05, 0) is 115 Å². The van der Waals surface area contributed by atoms with Crippen molar-refractivity contribution in [2.75, 3.05) is 0 Å². The van der Waals surface area contributed by atoms with Gasteiger partial charge in [0.15, 0.2) is 0 Å². The Kier molecular flexibility index (Phi) is 6.66. The fraction of sp³-hybridized carbons (Fsp3) is 0. The van der Waals surface area contributed by atoms with Gasteiger partial charge in [-0.2, -0.15) is 0 Å². The maximum Gasteiger partial charge on any atom is 0.0547 e. The van der Waals surface area contributed by atoms with Crippen molar-refractivity contribution in [3.05, 3.63) is 206 Å². The van der Waals surface area contributed by atoms with Crippen molar-refractivity contribution in [2.45, 2.75) is 0 Å². The number of hydrogen-bond acceptors (Lipinski definition) is 0. The second kappa shape index (κ2) is 12.0. The third kappa shape index (κ3) is 4.57.